The Morgan fingerprint density at radius 3 is 1.74 bits per heavy atom. The summed E-state index contributed by atoms with van der Waals surface area (Å²) in [5.74, 6) is 0. The molecule has 2 heteroatoms. The first-order chi connectivity index (χ1) is 24.8. The quantitative estimate of drug-likeness (QED) is 0.167. The molecule has 0 unspecified atom stereocenters. The summed E-state index contributed by atoms with van der Waals surface area (Å²) in [6.07, 6.45) is 0. The van der Waals surface area contributed by atoms with Gasteiger partial charge in [0.2, 0.25) is 0 Å². The monoisotopic (exact) mass is 653 g/mol. The van der Waals surface area contributed by atoms with Crippen LogP contribution in [0.1, 0.15) is 0 Å². The minimum atomic E-state index is 1.12. The molecule has 0 aliphatic heterocycles. The summed E-state index contributed by atoms with van der Waals surface area (Å²) >= 11 is 1.89. The number of benzene rings is 9. The third kappa shape index (κ3) is 4.84. The van der Waals surface area contributed by atoms with Crippen molar-refractivity contribution >= 4 is 80.9 Å². The number of hydrogen-bond acceptors (Lipinski definition) is 2. The van der Waals surface area contributed by atoms with Crippen LogP contribution in [0.2, 0.25) is 0 Å². The summed E-state index contributed by atoms with van der Waals surface area (Å²) in [5.41, 5.74) is 8.21. The molecular formula is C48H31NS. The highest BCUT2D eigenvalue weighted by Crippen LogP contribution is 2.42. The second-order valence-corrected chi connectivity index (χ2v) is 14.0. The molecule has 9 aromatic carbocycles. The van der Waals surface area contributed by atoms with Gasteiger partial charge >= 0.3 is 0 Å². The van der Waals surface area contributed by atoms with Crippen molar-refractivity contribution in [2.75, 3.05) is 4.90 Å². The lowest BCUT2D eigenvalue weighted by atomic mass is 10.00. The van der Waals surface area contributed by atoms with Crippen molar-refractivity contribution in [3.8, 4) is 22.3 Å². The number of hydrogen-bond donors (Lipinski definition) is 0. The summed E-state index contributed by atoms with van der Waals surface area (Å²) in [6.45, 7) is 0. The molecule has 1 heterocycles. The molecule has 234 valence electrons. The number of thiophene rings is 1. The van der Waals surface area contributed by atoms with Gasteiger partial charge in [-0.1, -0.05) is 140 Å². The van der Waals surface area contributed by atoms with Crippen LogP contribution in [0.5, 0.6) is 0 Å². The van der Waals surface area contributed by atoms with E-state index in [-0.39, 0.29) is 0 Å². The summed E-state index contributed by atoms with van der Waals surface area (Å²) in [4.78, 5) is 2.38. The van der Waals surface area contributed by atoms with E-state index in [2.05, 4.69) is 193 Å². The summed E-state index contributed by atoms with van der Waals surface area (Å²) in [7, 11) is 0. The number of rotatable bonds is 5. The van der Waals surface area contributed by atoms with E-state index in [1.54, 1.807) is 0 Å². The fourth-order valence-corrected chi connectivity index (χ4v) is 8.75. The Morgan fingerprint density at radius 1 is 0.300 bits per heavy atom. The van der Waals surface area contributed by atoms with Gasteiger partial charge in [0.05, 0.1) is 0 Å². The molecule has 0 saturated carbocycles. The van der Waals surface area contributed by atoms with Crippen LogP contribution in [0, 0.1) is 0 Å². The molecule has 10 rings (SSSR count). The Bertz CT molecular complexity index is 2870. The average Bonchev–Trinajstić information content (AvgIpc) is 3.57. The van der Waals surface area contributed by atoms with Crippen LogP contribution in [0.25, 0.3) is 74.7 Å². The zero-order chi connectivity index (χ0) is 33.0. The Hall–Kier alpha value is -6.22. The number of fused-ring (bicyclic) bond motifs is 8. The first-order valence-electron chi connectivity index (χ1n) is 17.1. The Labute approximate surface area is 294 Å². The Balaban J connectivity index is 1.09. The SMILES string of the molecule is c1ccc(-c2cccc(N(c3ccc(-c4ccc5sc6c7ccccc7ccc6c5c4)cc3)c3ccc4c(ccc5ccccc54)c3)c2)cc1. The van der Waals surface area contributed by atoms with E-state index < -0.39 is 0 Å². The van der Waals surface area contributed by atoms with Crippen LogP contribution < -0.4 is 4.90 Å². The van der Waals surface area contributed by atoms with E-state index in [1.807, 2.05) is 11.3 Å². The van der Waals surface area contributed by atoms with E-state index in [9.17, 15) is 0 Å². The van der Waals surface area contributed by atoms with E-state index in [0.29, 0.717) is 0 Å². The smallest absolute Gasteiger partial charge is 0.0468 e. The van der Waals surface area contributed by atoms with Crippen LogP contribution in [-0.2, 0) is 0 Å². The zero-order valence-electron chi connectivity index (χ0n) is 27.3. The largest absolute Gasteiger partial charge is 0.310 e. The predicted molar refractivity (Wildman–Crippen MR) is 217 cm³/mol. The Kier molecular flexibility index (Phi) is 6.75. The minimum Gasteiger partial charge on any atom is -0.310 e. The van der Waals surface area contributed by atoms with Gasteiger partial charge in [-0.3, -0.25) is 0 Å². The molecule has 0 spiro atoms. The maximum atomic E-state index is 2.38. The average molecular weight is 654 g/mol. The molecule has 50 heavy (non-hydrogen) atoms. The zero-order valence-corrected chi connectivity index (χ0v) is 28.1. The van der Waals surface area contributed by atoms with Crippen molar-refractivity contribution in [3.05, 3.63) is 188 Å². The highest BCUT2D eigenvalue weighted by Gasteiger charge is 2.16. The van der Waals surface area contributed by atoms with E-state index in [0.717, 1.165) is 17.1 Å². The van der Waals surface area contributed by atoms with Crippen LogP contribution in [0.4, 0.5) is 17.1 Å². The van der Waals surface area contributed by atoms with Crippen LogP contribution in [0.15, 0.2) is 188 Å². The standard InChI is InChI=1S/C48H31NS/c1-2-9-32(10-3-1)36-13-8-14-40(29-36)49(41-25-27-43-38(30-41)18-17-34-11-4-6-15-42(34)43)39-23-19-33(20-24-39)37-22-28-47-46(31-37)45-26-21-35-12-5-7-16-44(35)48(45)50-47/h1-31H. The molecule has 0 saturated heterocycles. The normalized spacial score (nSPS) is 11.6. The Morgan fingerprint density at radius 2 is 0.880 bits per heavy atom. The first kappa shape index (κ1) is 28.8. The van der Waals surface area contributed by atoms with E-state index in [1.165, 1.54) is 74.7 Å². The van der Waals surface area contributed by atoms with Gasteiger partial charge in [-0.25, -0.2) is 0 Å². The van der Waals surface area contributed by atoms with Gasteiger partial charge in [0.15, 0.2) is 0 Å². The van der Waals surface area contributed by atoms with Gasteiger partial charge in [-0.05, 0) is 103 Å². The van der Waals surface area contributed by atoms with Gasteiger partial charge < -0.3 is 4.90 Å². The highest BCUT2D eigenvalue weighted by molar-refractivity contribution is 7.26. The second-order valence-electron chi connectivity index (χ2n) is 13.0. The molecule has 0 N–H and O–H groups in total. The van der Waals surface area contributed by atoms with Crippen molar-refractivity contribution in [2.45, 2.75) is 0 Å². The van der Waals surface area contributed by atoms with E-state index in [4.69, 9.17) is 0 Å². The van der Waals surface area contributed by atoms with Gasteiger partial charge in [0, 0.05) is 37.2 Å². The molecule has 0 radical (unpaired) electrons. The van der Waals surface area contributed by atoms with Gasteiger partial charge in [0.1, 0.15) is 0 Å². The second kappa shape index (κ2) is 11.7. The van der Waals surface area contributed by atoms with Gasteiger partial charge in [-0.2, -0.15) is 0 Å². The molecule has 0 bridgehead atoms. The van der Waals surface area contributed by atoms with Crippen molar-refractivity contribution < 1.29 is 0 Å². The van der Waals surface area contributed by atoms with Crippen molar-refractivity contribution in [1.29, 1.82) is 0 Å². The topological polar surface area (TPSA) is 3.24 Å². The molecule has 1 nitrogen and oxygen atoms in total. The van der Waals surface area contributed by atoms with Crippen molar-refractivity contribution in [3.63, 3.8) is 0 Å². The molecule has 0 atom stereocenters. The molecular weight excluding hydrogens is 623 g/mol. The van der Waals surface area contributed by atoms with Crippen LogP contribution in [0.3, 0.4) is 0 Å². The third-order valence-electron chi connectivity index (χ3n) is 10.0. The third-order valence-corrected chi connectivity index (χ3v) is 11.2. The fraction of sp³-hybridized carbons (Fsp3) is 0. The maximum absolute atomic E-state index is 2.38. The van der Waals surface area contributed by atoms with Crippen LogP contribution in [-0.4, -0.2) is 0 Å². The van der Waals surface area contributed by atoms with Crippen LogP contribution >= 0.6 is 11.3 Å². The molecule has 0 fully saturated rings. The van der Waals surface area contributed by atoms with E-state index >= 15 is 0 Å². The van der Waals surface area contributed by atoms with Crippen molar-refractivity contribution in [2.24, 2.45) is 0 Å². The minimum absolute atomic E-state index is 1.12. The summed E-state index contributed by atoms with van der Waals surface area (Å²) < 4.78 is 2.69. The molecule has 10 aromatic rings. The predicted octanol–water partition coefficient (Wildman–Crippen LogP) is 14.3. The molecule has 0 amide bonds. The highest BCUT2D eigenvalue weighted by atomic mass is 32.1. The van der Waals surface area contributed by atoms with Gasteiger partial charge in [-0.15, -0.1) is 11.3 Å². The molecule has 0 aliphatic rings. The lowest BCUT2D eigenvalue weighted by Crippen LogP contribution is -2.10. The van der Waals surface area contributed by atoms with Crippen molar-refractivity contribution in [1.82, 2.24) is 0 Å². The summed E-state index contributed by atoms with van der Waals surface area (Å²) in [5, 5.41) is 10.3. The fourth-order valence-electron chi connectivity index (χ4n) is 7.53. The molecule has 1 aromatic heterocycles. The maximum Gasteiger partial charge on any atom is 0.0468 e. The van der Waals surface area contributed by atoms with Gasteiger partial charge in [0.25, 0.3) is 0 Å². The number of anilines is 3. The first-order valence-corrected chi connectivity index (χ1v) is 17.9. The summed E-state index contributed by atoms with van der Waals surface area (Å²) in [6, 6.07) is 68.7. The molecule has 0 aliphatic carbocycles. The number of nitrogens with zero attached hydrogens (tertiary/aromatic N) is 1. The lowest BCUT2D eigenvalue weighted by Gasteiger charge is -2.27. The lowest BCUT2D eigenvalue weighted by molar-refractivity contribution is 1.29.